The van der Waals surface area contributed by atoms with Crippen molar-refractivity contribution in [1.82, 2.24) is 9.71 Å². The Morgan fingerprint density at radius 3 is 2.72 bits per heavy atom. The molecule has 0 atom stereocenters. The molecular weight excluding hydrogens is 252 g/mol. The number of nitrogens with one attached hydrogen (secondary N) is 2. The Bertz CT molecular complexity index is 561. The van der Waals surface area contributed by atoms with Crippen molar-refractivity contribution in [3.63, 3.8) is 0 Å². The van der Waals surface area contributed by atoms with E-state index >= 15 is 0 Å². The Morgan fingerprint density at radius 2 is 2.17 bits per heavy atom. The van der Waals surface area contributed by atoms with Crippen molar-refractivity contribution in [2.45, 2.75) is 19.4 Å². The molecule has 0 aliphatic heterocycles. The van der Waals surface area contributed by atoms with E-state index in [1.165, 1.54) is 6.20 Å². The minimum absolute atomic E-state index is 0.285. The molecule has 6 nitrogen and oxygen atoms in total. The molecule has 0 saturated carbocycles. The second-order valence-electron chi connectivity index (χ2n) is 4.62. The molecule has 2 N–H and O–H groups in total. The summed E-state index contributed by atoms with van der Waals surface area (Å²) in [5.41, 5.74) is 0.215. The first kappa shape index (κ1) is 14.4. The van der Waals surface area contributed by atoms with Crippen LogP contribution in [0.15, 0.2) is 18.3 Å². The van der Waals surface area contributed by atoms with Gasteiger partial charge in [-0.05, 0) is 26.0 Å². The van der Waals surface area contributed by atoms with Crippen molar-refractivity contribution in [1.29, 1.82) is 5.26 Å². The summed E-state index contributed by atoms with van der Waals surface area (Å²) >= 11 is 0. The smallest absolute Gasteiger partial charge is 0.209 e. The minimum atomic E-state index is -3.27. The maximum atomic E-state index is 11.2. The fourth-order valence-electron chi connectivity index (χ4n) is 1.49. The van der Waals surface area contributed by atoms with Crippen molar-refractivity contribution in [3.05, 3.63) is 24.0 Å². The van der Waals surface area contributed by atoms with Gasteiger partial charge in [0.1, 0.15) is 6.07 Å². The van der Waals surface area contributed by atoms with Crippen molar-refractivity contribution in [2.75, 3.05) is 18.1 Å². The average molecular weight is 268 g/mol. The molecular formula is C11H16N4O2S. The summed E-state index contributed by atoms with van der Waals surface area (Å²) in [5.74, 6) is 0. The molecule has 1 heterocycles. The number of rotatable bonds is 5. The molecule has 0 radical (unpaired) electrons. The van der Waals surface area contributed by atoms with Gasteiger partial charge >= 0.3 is 0 Å². The third-order valence-electron chi connectivity index (χ3n) is 2.10. The number of hydrogen-bond acceptors (Lipinski definition) is 5. The molecule has 98 valence electrons. The zero-order chi connectivity index (χ0) is 13.8. The Balaban J connectivity index is 2.74. The molecule has 0 aliphatic carbocycles. The van der Waals surface area contributed by atoms with Gasteiger partial charge in [0, 0.05) is 18.3 Å². The zero-order valence-corrected chi connectivity index (χ0v) is 11.4. The van der Waals surface area contributed by atoms with Gasteiger partial charge in [-0.2, -0.15) is 5.26 Å². The number of anilines is 1. The highest BCUT2D eigenvalue weighted by Crippen LogP contribution is 2.13. The fourth-order valence-corrected chi connectivity index (χ4v) is 2.57. The van der Waals surface area contributed by atoms with Gasteiger partial charge in [0.25, 0.3) is 0 Å². The van der Waals surface area contributed by atoms with Crippen LogP contribution in [-0.2, 0) is 10.0 Å². The Hall–Kier alpha value is -1.65. The summed E-state index contributed by atoms with van der Waals surface area (Å²) in [6, 6.07) is 5.40. The topological polar surface area (TPSA) is 94.9 Å². The summed E-state index contributed by atoms with van der Waals surface area (Å²) in [6.45, 7) is 3.85. The molecule has 1 aromatic rings. The highest BCUT2D eigenvalue weighted by molar-refractivity contribution is 7.88. The predicted molar refractivity (Wildman–Crippen MR) is 69.5 cm³/mol. The van der Waals surface area contributed by atoms with Crippen LogP contribution in [0.5, 0.6) is 0 Å². The van der Waals surface area contributed by atoms with Crippen molar-refractivity contribution >= 4 is 15.7 Å². The molecule has 0 bridgehead atoms. The normalized spacial score (nSPS) is 11.9. The molecule has 1 aromatic heterocycles. The van der Waals surface area contributed by atoms with Crippen LogP contribution in [0.25, 0.3) is 0 Å². The van der Waals surface area contributed by atoms with Gasteiger partial charge in [-0.25, -0.2) is 18.1 Å². The van der Waals surface area contributed by atoms with Crippen LogP contribution in [0.2, 0.25) is 0 Å². The monoisotopic (exact) mass is 268 g/mol. The van der Waals surface area contributed by atoms with E-state index < -0.39 is 15.6 Å². The lowest BCUT2D eigenvalue weighted by atomic mass is 10.1. The van der Waals surface area contributed by atoms with Crippen LogP contribution < -0.4 is 10.0 Å². The summed E-state index contributed by atoms with van der Waals surface area (Å²) in [5, 5.41) is 11.9. The van der Waals surface area contributed by atoms with E-state index in [4.69, 9.17) is 5.26 Å². The number of aromatic nitrogens is 1. The molecule has 0 aromatic carbocycles. The van der Waals surface area contributed by atoms with Crippen molar-refractivity contribution in [3.8, 4) is 6.07 Å². The van der Waals surface area contributed by atoms with Gasteiger partial charge in [-0.15, -0.1) is 0 Å². The maximum absolute atomic E-state index is 11.2. The predicted octanol–water partition coefficient (Wildman–Crippen LogP) is 0.693. The van der Waals surface area contributed by atoms with Crippen LogP contribution in [-0.4, -0.2) is 31.7 Å². The van der Waals surface area contributed by atoms with E-state index in [0.717, 1.165) is 6.26 Å². The van der Waals surface area contributed by atoms with Gasteiger partial charge in [0.2, 0.25) is 10.0 Å². The first-order chi connectivity index (χ1) is 8.23. The maximum Gasteiger partial charge on any atom is 0.209 e. The molecule has 0 fully saturated rings. The van der Waals surface area contributed by atoms with Gasteiger partial charge < -0.3 is 5.32 Å². The molecule has 0 aliphatic rings. The van der Waals surface area contributed by atoms with Gasteiger partial charge in [-0.1, -0.05) is 0 Å². The molecule has 18 heavy (non-hydrogen) atoms. The molecule has 0 spiro atoms. The number of sulfonamides is 1. The van der Waals surface area contributed by atoms with E-state index in [-0.39, 0.29) is 5.69 Å². The molecule has 0 unspecified atom stereocenters. The van der Waals surface area contributed by atoms with Crippen LogP contribution in [0.3, 0.4) is 0 Å². The van der Waals surface area contributed by atoms with Crippen molar-refractivity contribution < 1.29 is 8.42 Å². The highest BCUT2D eigenvalue weighted by Gasteiger charge is 2.22. The number of hydrogen-bond donors (Lipinski definition) is 2. The van der Waals surface area contributed by atoms with E-state index in [0.29, 0.717) is 12.2 Å². The van der Waals surface area contributed by atoms with Crippen LogP contribution in [0.1, 0.15) is 19.5 Å². The molecule has 0 amide bonds. The number of nitrogens with zero attached hydrogens (tertiary/aromatic N) is 2. The van der Waals surface area contributed by atoms with Crippen LogP contribution in [0, 0.1) is 11.3 Å². The summed E-state index contributed by atoms with van der Waals surface area (Å²) < 4.78 is 24.9. The Kier molecular flexibility index (Phi) is 4.27. The first-order valence-electron chi connectivity index (χ1n) is 5.31. The standard InChI is InChI=1S/C11H16N4O2S/c1-11(2,15-18(3,16)17)8-14-9-5-4-6-13-10(9)7-12/h4-6,14-15H,8H2,1-3H3. The quantitative estimate of drug-likeness (QED) is 0.819. The van der Waals surface area contributed by atoms with E-state index in [1.807, 2.05) is 6.07 Å². The third-order valence-corrected chi connectivity index (χ3v) is 3.02. The fraction of sp³-hybridized carbons (Fsp3) is 0.455. The van der Waals surface area contributed by atoms with Crippen LogP contribution in [0.4, 0.5) is 5.69 Å². The second kappa shape index (κ2) is 5.33. The molecule has 0 saturated heterocycles. The van der Waals surface area contributed by atoms with Crippen molar-refractivity contribution in [2.24, 2.45) is 0 Å². The van der Waals surface area contributed by atoms with E-state index in [2.05, 4.69) is 15.0 Å². The zero-order valence-electron chi connectivity index (χ0n) is 10.6. The van der Waals surface area contributed by atoms with E-state index in [1.54, 1.807) is 26.0 Å². The van der Waals surface area contributed by atoms with Gasteiger partial charge in [0.05, 0.1) is 11.9 Å². The Morgan fingerprint density at radius 1 is 1.50 bits per heavy atom. The largest absolute Gasteiger partial charge is 0.381 e. The second-order valence-corrected chi connectivity index (χ2v) is 6.37. The summed E-state index contributed by atoms with van der Waals surface area (Å²) in [7, 11) is -3.27. The molecule has 1 rings (SSSR count). The van der Waals surface area contributed by atoms with Crippen LogP contribution >= 0.6 is 0 Å². The minimum Gasteiger partial charge on any atom is -0.381 e. The third kappa shape index (κ3) is 4.69. The lowest BCUT2D eigenvalue weighted by Crippen LogP contribution is -2.47. The summed E-state index contributed by atoms with van der Waals surface area (Å²) in [6.07, 6.45) is 2.64. The molecule has 7 heteroatoms. The van der Waals surface area contributed by atoms with Gasteiger partial charge in [0.15, 0.2) is 5.69 Å². The lowest BCUT2D eigenvalue weighted by Gasteiger charge is -2.25. The van der Waals surface area contributed by atoms with E-state index in [9.17, 15) is 8.42 Å². The summed E-state index contributed by atoms with van der Waals surface area (Å²) in [4.78, 5) is 3.91. The van der Waals surface area contributed by atoms with Gasteiger partial charge in [-0.3, -0.25) is 0 Å². The first-order valence-corrected chi connectivity index (χ1v) is 7.20. The average Bonchev–Trinajstić information content (AvgIpc) is 2.23. The number of nitriles is 1. The Labute approximate surface area is 107 Å². The number of pyridine rings is 1. The lowest BCUT2D eigenvalue weighted by molar-refractivity contribution is 0.476. The highest BCUT2D eigenvalue weighted by atomic mass is 32.2. The SMILES string of the molecule is CC(C)(CNc1cccnc1C#N)NS(C)(=O)=O.